The summed E-state index contributed by atoms with van der Waals surface area (Å²) in [4.78, 5) is 2.81. The number of hydrogen-bond donors (Lipinski definition) is 1. The molecule has 1 heterocycles. The van der Waals surface area contributed by atoms with E-state index in [1.165, 1.54) is 51.7 Å². The molecule has 0 bridgehead atoms. The highest BCUT2D eigenvalue weighted by atomic mass is 15.2. The van der Waals surface area contributed by atoms with Gasteiger partial charge in [0.15, 0.2) is 0 Å². The molecule has 3 unspecified atom stereocenters. The second kappa shape index (κ2) is 7.97. The van der Waals surface area contributed by atoms with E-state index in [1.807, 2.05) is 0 Å². The van der Waals surface area contributed by atoms with Gasteiger partial charge >= 0.3 is 0 Å². The fourth-order valence-corrected chi connectivity index (χ4v) is 3.93. The Kier molecular flexibility index (Phi) is 6.55. The van der Waals surface area contributed by atoms with Gasteiger partial charge in [-0.3, -0.25) is 4.90 Å². The zero-order valence-electron chi connectivity index (χ0n) is 15.1. The van der Waals surface area contributed by atoms with E-state index in [4.69, 9.17) is 0 Å². The maximum absolute atomic E-state index is 3.86. The third-order valence-corrected chi connectivity index (χ3v) is 6.02. The Balaban J connectivity index is 1.88. The highest BCUT2D eigenvalue weighted by molar-refractivity contribution is 4.90. The monoisotopic (exact) mass is 294 g/mol. The average molecular weight is 295 g/mol. The molecule has 21 heavy (non-hydrogen) atoms. The predicted octanol–water partition coefficient (Wildman–Crippen LogP) is 4.16. The van der Waals surface area contributed by atoms with Crippen molar-refractivity contribution in [2.75, 3.05) is 19.6 Å². The molecule has 2 heteroatoms. The zero-order valence-corrected chi connectivity index (χ0v) is 15.1. The van der Waals surface area contributed by atoms with Crippen LogP contribution in [-0.2, 0) is 0 Å². The lowest BCUT2D eigenvalue weighted by atomic mass is 9.77. The van der Waals surface area contributed by atoms with Crippen molar-refractivity contribution in [2.45, 2.75) is 78.8 Å². The largest absolute Gasteiger partial charge is 0.313 e. The lowest BCUT2D eigenvalue weighted by Gasteiger charge is -2.46. The van der Waals surface area contributed by atoms with Gasteiger partial charge in [-0.05, 0) is 62.8 Å². The van der Waals surface area contributed by atoms with Gasteiger partial charge < -0.3 is 5.32 Å². The van der Waals surface area contributed by atoms with Crippen LogP contribution in [0.15, 0.2) is 0 Å². The standard InChI is InChI=1S/C19H38N2/c1-14(2)9-10-20-19-11-18(15(3)4)12-21(13-19)16(5)17-7-6-8-17/h14-20H,6-13H2,1-5H3. The minimum absolute atomic E-state index is 0.715. The van der Waals surface area contributed by atoms with Crippen LogP contribution in [0.4, 0.5) is 0 Å². The zero-order chi connectivity index (χ0) is 15.4. The Morgan fingerprint density at radius 1 is 1.00 bits per heavy atom. The van der Waals surface area contributed by atoms with Gasteiger partial charge in [0.05, 0.1) is 0 Å². The molecule has 2 rings (SSSR count). The van der Waals surface area contributed by atoms with E-state index < -0.39 is 0 Å². The number of nitrogens with zero attached hydrogens (tertiary/aromatic N) is 1. The van der Waals surface area contributed by atoms with Gasteiger partial charge in [0.25, 0.3) is 0 Å². The van der Waals surface area contributed by atoms with Crippen molar-refractivity contribution in [3.8, 4) is 0 Å². The minimum atomic E-state index is 0.715. The van der Waals surface area contributed by atoms with Crippen molar-refractivity contribution >= 4 is 0 Å². The molecule has 0 aromatic carbocycles. The smallest absolute Gasteiger partial charge is 0.0198 e. The van der Waals surface area contributed by atoms with Crippen molar-refractivity contribution in [3.63, 3.8) is 0 Å². The number of nitrogens with one attached hydrogen (secondary N) is 1. The fraction of sp³-hybridized carbons (Fsp3) is 1.00. The van der Waals surface area contributed by atoms with Crippen molar-refractivity contribution in [2.24, 2.45) is 23.7 Å². The van der Waals surface area contributed by atoms with Crippen molar-refractivity contribution in [1.29, 1.82) is 0 Å². The highest BCUT2D eigenvalue weighted by Gasteiger charge is 2.35. The van der Waals surface area contributed by atoms with Crippen LogP contribution in [-0.4, -0.2) is 36.6 Å². The SMILES string of the molecule is CC(C)CCNC1CC(C(C)C)CN(C(C)C2CCC2)C1. The molecule has 0 aromatic rings. The first-order valence-corrected chi connectivity index (χ1v) is 9.44. The van der Waals surface area contributed by atoms with Crippen LogP contribution in [0.25, 0.3) is 0 Å². The molecule has 0 spiro atoms. The topological polar surface area (TPSA) is 15.3 Å². The molecule has 1 N–H and O–H groups in total. The molecule has 2 nitrogen and oxygen atoms in total. The van der Waals surface area contributed by atoms with Crippen LogP contribution in [0.2, 0.25) is 0 Å². The van der Waals surface area contributed by atoms with Crippen LogP contribution >= 0.6 is 0 Å². The summed E-state index contributed by atoms with van der Waals surface area (Å²) in [6.45, 7) is 15.8. The first-order valence-electron chi connectivity index (χ1n) is 9.44. The van der Waals surface area contributed by atoms with E-state index in [1.54, 1.807) is 0 Å². The van der Waals surface area contributed by atoms with Crippen molar-refractivity contribution < 1.29 is 0 Å². The second-order valence-corrected chi connectivity index (χ2v) is 8.46. The first kappa shape index (κ1) is 17.3. The molecule has 124 valence electrons. The third kappa shape index (κ3) is 4.96. The molecule has 3 atom stereocenters. The summed E-state index contributed by atoms with van der Waals surface area (Å²) in [7, 11) is 0. The van der Waals surface area contributed by atoms with E-state index in [9.17, 15) is 0 Å². The number of piperidine rings is 1. The number of rotatable bonds is 7. The first-order chi connectivity index (χ1) is 9.97. The molecule has 0 amide bonds. The summed E-state index contributed by atoms with van der Waals surface area (Å²) in [5.74, 6) is 3.48. The van der Waals surface area contributed by atoms with Gasteiger partial charge in [0, 0.05) is 25.2 Å². The van der Waals surface area contributed by atoms with Crippen LogP contribution < -0.4 is 5.32 Å². The van der Waals surface area contributed by atoms with Crippen LogP contribution in [0.3, 0.4) is 0 Å². The molecule has 1 aliphatic carbocycles. The van der Waals surface area contributed by atoms with E-state index >= 15 is 0 Å². The summed E-state index contributed by atoms with van der Waals surface area (Å²) >= 11 is 0. The Labute approximate surface area is 133 Å². The van der Waals surface area contributed by atoms with Crippen molar-refractivity contribution in [1.82, 2.24) is 10.2 Å². The summed E-state index contributed by atoms with van der Waals surface area (Å²) in [6, 6.07) is 1.52. The highest BCUT2D eigenvalue weighted by Crippen LogP contribution is 2.34. The Morgan fingerprint density at radius 2 is 1.71 bits per heavy atom. The maximum Gasteiger partial charge on any atom is 0.0198 e. The van der Waals surface area contributed by atoms with Gasteiger partial charge in [-0.25, -0.2) is 0 Å². The number of likely N-dealkylation sites (tertiary alicyclic amines) is 1. The van der Waals surface area contributed by atoms with Crippen LogP contribution in [0.1, 0.15) is 66.7 Å². The van der Waals surface area contributed by atoms with Gasteiger partial charge in [0.1, 0.15) is 0 Å². The van der Waals surface area contributed by atoms with E-state index in [2.05, 4.69) is 44.8 Å². The molecular formula is C19H38N2. The molecule has 1 aliphatic heterocycles. The summed E-state index contributed by atoms with van der Waals surface area (Å²) in [6.07, 6.45) is 7.09. The third-order valence-electron chi connectivity index (χ3n) is 6.02. The Morgan fingerprint density at radius 3 is 2.24 bits per heavy atom. The van der Waals surface area contributed by atoms with E-state index in [0.717, 1.165) is 29.7 Å². The summed E-state index contributed by atoms with van der Waals surface area (Å²) < 4.78 is 0. The molecule has 0 aromatic heterocycles. The van der Waals surface area contributed by atoms with Crippen molar-refractivity contribution in [3.05, 3.63) is 0 Å². The maximum atomic E-state index is 3.86. The molecule has 2 fully saturated rings. The summed E-state index contributed by atoms with van der Waals surface area (Å²) in [5.41, 5.74) is 0. The molecule has 0 radical (unpaired) electrons. The molecular weight excluding hydrogens is 256 g/mol. The summed E-state index contributed by atoms with van der Waals surface area (Å²) in [5, 5.41) is 3.86. The lowest BCUT2D eigenvalue weighted by Crippen LogP contribution is -2.55. The quantitative estimate of drug-likeness (QED) is 0.758. The van der Waals surface area contributed by atoms with Gasteiger partial charge in [-0.15, -0.1) is 0 Å². The second-order valence-electron chi connectivity index (χ2n) is 8.46. The minimum Gasteiger partial charge on any atom is -0.313 e. The van der Waals surface area contributed by atoms with Crippen LogP contribution in [0.5, 0.6) is 0 Å². The van der Waals surface area contributed by atoms with Gasteiger partial charge in [-0.1, -0.05) is 34.1 Å². The fourth-order valence-electron chi connectivity index (χ4n) is 3.93. The normalized spacial score (nSPS) is 29.9. The van der Waals surface area contributed by atoms with E-state index in [-0.39, 0.29) is 0 Å². The average Bonchev–Trinajstić information content (AvgIpc) is 2.35. The van der Waals surface area contributed by atoms with E-state index in [0.29, 0.717) is 6.04 Å². The van der Waals surface area contributed by atoms with Gasteiger partial charge in [-0.2, -0.15) is 0 Å². The van der Waals surface area contributed by atoms with Gasteiger partial charge in [0.2, 0.25) is 0 Å². The Bertz CT molecular complexity index is 296. The van der Waals surface area contributed by atoms with Crippen LogP contribution in [0, 0.1) is 23.7 Å². The lowest BCUT2D eigenvalue weighted by molar-refractivity contribution is 0.0397. The number of hydrogen-bond acceptors (Lipinski definition) is 2. The molecule has 1 saturated heterocycles. The Hall–Kier alpha value is -0.0800. The molecule has 1 saturated carbocycles. The predicted molar refractivity (Wildman–Crippen MR) is 92.6 cm³/mol. The molecule has 2 aliphatic rings.